The predicted molar refractivity (Wildman–Crippen MR) is 124 cm³/mol. The minimum atomic E-state index is 0.129. The van der Waals surface area contributed by atoms with Gasteiger partial charge in [-0.05, 0) is 66.2 Å². The van der Waals surface area contributed by atoms with E-state index >= 15 is 0 Å². The zero-order chi connectivity index (χ0) is 20.9. The van der Waals surface area contributed by atoms with Crippen LogP contribution < -0.4 is 5.32 Å². The molecule has 6 heteroatoms. The average molecular weight is 414 g/mol. The van der Waals surface area contributed by atoms with Crippen molar-refractivity contribution in [3.63, 3.8) is 0 Å². The first kappa shape index (κ1) is 18.6. The van der Waals surface area contributed by atoms with Gasteiger partial charge >= 0.3 is 0 Å². The summed E-state index contributed by atoms with van der Waals surface area (Å²) in [4.78, 5) is 6.80. The number of anilines is 1. The predicted octanol–water partition coefficient (Wildman–Crippen LogP) is 4.24. The van der Waals surface area contributed by atoms with Gasteiger partial charge in [-0.3, -0.25) is 10.1 Å². The van der Waals surface area contributed by atoms with Crippen LogP contribution in [-0.2, 0) is 6.54 Å². The summed E-state index contributed by atoms with van der Waals surface area (Å²) in [5.41, 5.74) is 10.4. The summed E-state index contributed by atoms with van der Waals surface area (Å²) in [5, 5.41) is 21.9. The van der Waals surface area contributed by atoms with Crippen LogP contribution in [0.15, 0.2) is 47.1 Å². The molecule has 0 amide bonds. The summed E-state index contributed by atoms with van der Waals surface area (Å²) in [6.45, 7) is 1.44. The number of benzene rings is 2. The number of amidine groups is 1. The van der Waals surface area contributed by atoms with E-state index in [0.717, 1.165) is 24.2 Å². The summed E-state index contributed by atoms with van der Waals surface area (Å²) >= 11 is 0. The Hall–Kier alpha value is -3.12. The minimum Gasteiger partial charge on any atom is -0.395 e. The highest BCUT2D eigenvalue weighted by Crippen LogP contribution is 2.49. The van der Waals surface area contributed by atoms with Crippen molar-refractivity contribution in [3.8, 4) is 0 Å². The molecule has 6 nitrogen and oxygen atoms in total. The number of aliphatic hydroxyl groups is 1. The van der Waals surface area contributed by atoms with E-state index in [1.807, 2.05) is 13.2 Å². The van der Waals surface area contributed by atoms with E-state index in [1.165, 1.54) is 57.3 Å². The van der Waals surface area contributed by atoms with E-state index in [1.54, 1.807) is 0 Å². The molecule has 1 unspecified atom stereocenters. The van der Waals surface area contributed by atoms with E-state index in [2.05, 4.69) is 50.7 Å². The summed E-state index contributed by atoms with van der Waals surface area (Å²) in [6.07, 6.45) is 6.70. The third-order valence-corrected chi connectivity index (χ3v) is 6.99. The van der Waals surface area contributed by atoms with Gasteiger partial charge in [-0.1, -0.05) is 12.1 Å². The molecule has 0 spiro atoms. The third kappa shape index (κ3) is 2.89. The number of hydrogen-bond donors (Lipinski definition) is 3. The van der Waals surface area contributed by atoms with Crippen LogP contribution >= 0.6 is 0 Å². The Labute approximate surface area is 181 Å². The molecule has 3 aromatic rings. The molecule has 0 fully saturated rings. The molecule has 3 aliphatic rings. The number of aromatic amines is 1. The Bertz CT molecular complexity index is 1240. The SMILES string of the molecule is CN(CCO)C1=NCc2ccc(C3Nc4ccc5[nH]ncc5c4C4=C3CCCC4)cc21. The van der Waals surface area contributed by atoms with Crippen LogP contribution in [-0.4, -0.2) is 46.2 Å². The Morgan fingerprint density at radius 2 is 2.06 bits per heavy atom. The lowest BCUT2D eigenvalue weighted by molar-refractivity contribution is 0.264. The van der Waals surface area contributed by atoms with Crippen LogP contribution in [0.5, 0.6) is 0 Å². The zero-order valence-electron chi connectivity index (χ0n) is 17.8. The van der Waals surface area contributed by atoms with Crippen LogP contribution in [0.1, 0.15) is 54.0 Å². The Morgan fingerprint density at radius 1 is 1.16 bits per heavy atom. The zero-order valence-corrected chi connectivity index (χ0v) is 17.8. The van der Waals surface area contributed by atoms with Gasteiger partial charge in [0.05, 0.1) is 30.9 Å². The van der Waals surface area contributed by atoms with E-state index < -0.39 is 0 Å². The maximum Gasteiger partial charge on any atom is 0.131 e. The first-order valence-electron chi connectivity index (χ1n) is 11.2. The summed E-state index contributed by atoms with van der Waals surface area (Å²) in [5.74, 6) is 0.986. The molecule has 2 aromatic carbocycles. The van der Waals surface area contributed by atoms with Crippen molar-refractivity contribution < 1.29 is 5.11 Å². The van der Waals surface area contributed by atoms with Crippen molar-refractivity contribution in [2.24, 2.45) is 4.99 Å². The van der Waals surface area contributed by atoms with Crippen molar-refractivity contribution in [2.45, 2.75) is 38.3 Å². The molecule has 2 aliphatic heterocycles. The molecule has 0 bridgehead atoms. The highest BCUT2D eigenvalue weighted by molar-refractivity contribution is 6.02. The first-order chi connectivity index (χ1) is 15.2. The van der Waals surface area contributed by atoms with Gasteiger partial charge < -0.3 is 15.3 Å². The molecular formula is C25H27N5O. The largest absolute Gasteiger partial charge is 0.395 e. The molecule has 0 radical (unpaired) electrons. The molecule has 158 valence electrons. The van der Waals surface area contributed by atoms with Crippen molar-refractivity contribution in [3.05, 3.63) is 64.4 Å². The number of allylic oxidation sites excluding steroid dienone is 1. The molecule has 0 saturated heterocycles. The number of nitrogens with one attached hydrogen (secondary N) is 2. The van der Waals surface area contributed by atoms with Gasteiger partial charge in [-0.15, -0.1) is 0 Å². The number of hydrogen-bond acceptors (Lipinski definition) is 5. The van der Waals surface area contributed by atoms with Crippen molar-refractivity contribution >= 4 is 28.0 Å². The highest BCUT2D eigenvalue weighted by atomic mass is 16.3. The van der Waals surface area contributed by atoms with Crippen LogP contribution in [0.25, 0.3) is 16.5 Å². The monoisotopic (exact) mass is 413 g/mol. The number of aliphatic hydroxyl groups excluding tert-OH is 1. The summed E-state index contributed by atoms with van der Waals surface area (Å²) < 4.78 is 0. The number of likely N-dealkylation sites (N-methyl/N-ethyl adjacent to an activating group) is 1. The molecule has 1 aliphatic carbocycles. The van der Waals surface area contributed by atoms with E-state index in [4.69, 9.17) is 4.99 Å². The Kier molecular flexibility index (Phi) is 4.35. The Balaban J connectivity index is 1.45. The van der Waals surface area contributed by atoms with E-state index in [-0.39, 0.29) is 12.6 Å². The van der Waals surface area contributed by atoms with Crippen molar-refractivity contribution in [1.82, 2.24) is 15.1 Å². The Morgan fingerprint density at radius 3 is 2.97 bits per heavy atom. The van der Waals surface area contributed by atoms with Gasteiger partial charge in [0.25, 0.3) is 0 Å². The number of nitrogens with zero attached hydrogens (tertiary/aromatic N) is 3. The number of fused-ring (bicyclic) bond motifs is 5. The first-order valence-corrected chi connectivity index (χ1v) is 11.2. The molecule has 0 saturated carbocycles. The lowest BCUT2D eigenvalue weighted by Gasteiger charge is -2.36. The quantitative estimate of drug-likeness (QED) is 0.600. The number of aliphatic imine (C=N–C) groups is 1. The van der Waals surface area contributed by atoms with Crippen LogP contribution in [0.4, 0.5) is 5.69 Å². The fraction of sp³-hybridized carbons (Fsp3) is 0.360. The molecule has 3 heterocycles. The van der Waals surface area contributed by atoms with Gasteiger partial charge in [-0.2, -0.15) is 5.10 Å². The topological polar surface area (TPSA) is 76.5 Å². The van der Waals surface area contributed by atoms with Crippen LogP contribution in [0.2, 0.25) is 0 Å². The maximum atomic E-state index is 9.37. The molecule has 1 aromatic heterocycles. The maximum absolute atomic E-state index is 9.37. The minimum absolute atomic E-state index is 0.129. The highest BCUT2D eigenvalue weighted by Gasteiger charge is 2.32. The van der Waals surface area contributed by atoms with Gasteiger partial charge in [0, 0.05) is 35.8 Å². The molecule has 3 N–H and O–H groups in total. The smallest absolute Gasteiger partial charge is 0.131 e. The molecular weight excluding hydrogens is 386 g/mol. The lowest BCUT2D eigenvalue weighted by atomic mass is 9.77. The van der Waals surface area contributed by atoms with Crippen molar-refractivity contribution in [2.75, 3.05) is 25.5 Å². The van der Waals surface area contributed by atoms with Gasteiger partial charge in [-0.25, -0.2) is 0 Å². The standard InChI is InChI=1S/C25H27N5O/c1-30(10-11-31)25-19-12-15(6-7-16(19)13-26-25)24-18-5-3-2-4-17(18)23-20-14-27-29-21(20)8-9-22(23)28-24/h6-9,12,14,24,28,31H,2-5,10-11,13H2,1H3,(H,27,29). The lowest BCUT2D eigenvalue weighted by Crippen LogP contribution is -2.29. The second-order valence-electron chi connectivity index (χ2n) is 8.81. The fourth-order valence-electron chi connectivity index (χ4n) is 5.47. The summed E-state index contributed by atoms with van der Waals surface area (Å²) in [6, 6.07) is 11.3. The average Bonchev–Trinajstić information content (AvgIpc) is 3.45. The van der Waals surface area contributed by atoms with E-state index in [9.17, 15) is 5.11 Å². The van der Waals surface area contributed by atoms with Gasteiger partial charge in [0.15, 0.2) is 0 Å². The van der Waals surface area contributed by atoms with Gasteiger partial charge in [0.1, 0.15) is 5.84 Å². The number of H-pyrrole nitrogens is 1. The number of rotatable bonds is 3. The third-order valence-electron chi connectivity index (χ3n) is 6.99. The molecule has 31 heavy (non-hydrogen) atoms. The normalized spacial score (nSPS) is 19.5. The van der Waals surface area contributed by atoms with Crippen LogP contribution in [0.3, 0.4) is 0 Å². The molecule has 1 atom stereocenters. The molecule has 6 rings (SSSR count). The van der Waals surface area contributed by atoms with Crippen molar-refractivity contribution in [1.29, 1.82) is 0 Å². The van der Waals surface area contributed by atoms with E-state index in [0.29, 0.717) is 13.1 Å². The second-order valence-corrected chi connectivity index (χ2v) is 8.81. The fourth-order valence-corrected chi connectivity index (χ4v) is 5.47. The van der Waals surface area contributed by atoms with Gasteiger partial charge in [0.2, 0.25) is 0 Å². The second kappa shape index (κ2) is 7.24. The van der Waals surface area contributed by atoms with Crippen LogP contribution in [0, 0.1) is 0 Å². The summed E-state index contributed by atoms with van der Waals surface area (Å²) in [7, 11) is 2.00. The number of aromatic nitrogens is 2.